The SMILES string of the molecule is CO[C@H]1CN(C(=O)CCc2n[nH]c(C)c2C)CC[C@H]1N. The fourth-order valence-corrected chi connectivity index (χ4v) is 2.57. The van der Waals surface area contributed by atoms with Crippen molar-refractivity contribution < 1.29 is 9.53 Å². The lowest BCUT2D eigenvalue weighted by molar-refractivity contribution is -0.135. The number of ether oxygens (including phenoxy) is 1. The number of nitrogens with zero attached hydrogens (tertiary/aromatic N) is 2. The van der Waals surface area contributed by atoms with Crippen LogP contribution in [0, 0.1) is 13.8 Å². The number of methoxy groups -OCH3 is 1. The Hall–Kier alpha value is -1.40. The molecule has 1 amide bonds. The summed E-state index contributed by atoms with van der Waals surface area (Å²) in [5, 5.41) is 7.19. The fourth-order valence-electron chi connectivity index (χ4n) is 2.57. The van der Waals surface area contributed by atoms with Gasteiger partial charge in [-0.1, -0.05) is 0 Å². The number of likely N-dealkylation sites (tertiary alicyclic amines) is 1. The number of nitrogens with two attached hydrogens (primary N) is 1. The van der Waals surface area contributed by atoms with E-state index in [0.29, 0.717) is 19.4 Å². The van der Waals surface area contributed by atoms with Gasteiger partial charge in [-0.15, -0.1) is 0 Å². The van der Waals surface area contributed by atoms with Crippen molar-refractivity contribution in [2.45, 2.75) is 45.3 Å². The van der Waals surface area contributed by atoms with E-state index in [1.807, 2.05) is 18.7 Å². The molecule has 1 saturated heterocycles. The maximum Gasteiger partial charge on any atom is 0.223 e. The molecule has 1 aliphatic rings. The highest BCUT2D eigenvalue weighted by Crippen LogP contribution is 2.15. The van der Waals surface area contributed by atoms with Crippen LogP contribution in [0.2, 0.25) is 0 Å². The number of hydrogen-bond donors (Lipinski definition) is 2. The summed E-state index contributed by atoms with van der Waals surface area (Å²) in [7, 11) is 1.65. The molecule has 2 atom stereocenters. The summed E-state index contributed by atoms with van der Waals surface area (Å²) in [6, 6.07) is 0.0280. The summed E-state index contributed by atoms with van der Waals surface area (Å²) in [5.41, 5.74) is 9.15. The number of aromatic amines is 1. The van der Waals surface area contributed by atoms with E-state index < -0.39 is 0 Å². The average molecular weight is 280 g/mol. The molecule has 6 nitrogen and oxygen atoms in total. The molecule has 0 spiro atoms. The largest absolute Gasteiger partial charge is 0.378 e. The molecule has 1 aromatic heterocycles. The van der Waals surface area contributed by atoms with Gasteiger partial charge in [0.2, 0.25) is 5.91 Å². The van der Waals surface area contributed by atoms with Crippen molar-refractivity contribution in [1.29, 1.82) is 0 Å². The highest BCUT2D eigenvalue weighted by molar-refractivity contribution is 5.76. The van der Waals surface area contributed by atoms with E-state index in [2.05, 4.69) is 10.2 Å². The molecule has 1 aliphatic heterocycles. The molecular formula is C14H24N4O2. The predicted molar refractivity (Wildman–Crippen MR) is 76.4 cm³/mol. The number of aryl methyl sites for hydroxylation is 2. The topological polar surface area (TPSA) is 84.2 Å². The molecule has 1 aromatic rings. The standard InChI is InChI=1S/C14H24N4O2/c1-9-10(2)16-17-12(9)4-5-14(19)18-7-6-11(15)13(8-18)20-3/h11,13H,4-8,15H2,1-3H3,(H,16,17)/t11-,13+/m1/s1. The third-order valence-electron chi connectivity index (χ3n) is 4.20. The van der Waals surface area contributed by atoms with Crippen LogP contribution in [0.1, 0.15) is 29.8 Å². The van der Waals surface area contributed by atoms with Crippen LogP contribution in [0.5, 0.6) is 0 Å². The molecule has 20 heavy (non-hydrogen) atoms. The van der Waals surface area contributed by atoms with E-state index in [4.69, 9.17) is 10.5 Å². The fraction of sp³-hybridized carbons (Fsp3) is 0.714. The minimum atomic E-state index is -0.0536. The summed E-state index contributed by atoms with van der Waals surface area (Å²) in [6.07, 6.45) is 1.90. The molecule has 0 unspecified atom stereocenters. The van der Waals surface area contributed by atoms with Crippen molar-refractivity contribution in [3.63, 3.8) is 0 Å². The third-order valence-corrected chi connectivity index (χ3v) is 4.20. The van der Waals surface area contributed by atoms with Gasteiger partial charge in [0.05, 0.1) is 11.8 Å². The maximum atomic E-state index is 12.2. The molecule has 112 valence electrons. The summed E-state index contributed by atoms with van der Waals surface area (Å²) < 4.78 is 5.33. The van der Waals surface area contributed by atoms with Crippen LogP contribution in [-0.4, -0.2) is 53.3 Å². The lowest BCUT2D eigenvalue weighted by Crippen LogP contribution is -2.53. The Labute approximate surface area is 119 Å². The summed E-state index contributed by atoms with van der Waals surface area (Å²) in [4.78, 5) is 14.1. The van der Waals surface area contributed by atoms with Crippen molar-refractivity contribution in [1.82, 2.24) is 15.1 Å². The van der Waals surface area contributed by atoms with Gasteiger partial charge in [-0.05, 0) is 25.8 Å². The van der Waals surface area contributed by atoms with Crippen molar-refractivity contribution >= 4 is 5.91 Å². The number of piperidine rings is 1. The first-order chi connectivity index (χ1) is 9.52. The van der Waals surface area contributed by atoms with Gasteiger partial charge in [0.1, 0.15) is 0 Å². The van der Waals surface area contributed by atoms with Gasteiger partial charge in [0.25, 0.3) is 0 Å². The second-order valence-electron chi connectivity index (χ2n) is 5.49. The molecule has 1 fully saturated rings. The van der Waals surface area contributed by atoms with Gasteiger partial charge in [0.15, 0.2) is 0 Å². The molecule has 0 aromatic carbocycles. The number of carbonyl (C=O) groups excluding carboxylic acids is 1. The highest BCUT2D eigenvalue weighted by atomic mass is 16.5. The lowest BCUT2D eigenvalue weighted by atomic mass is 10.0. The van der Waals surface area contributed by atoms with Crippen LogP contribution in [0.4, 0.5) is 0 Å². The minimum absolute atomic E-state index is 0.0280. The first kappa shape index (κ1) is 15.0. The van der Waals surface area contributed by atoms with E-state index >= 15 is 0 Å². The Bertz CT molecular complexity index is 472. The first-order valence-corrected chi connectivity index (χ1v) is 7.09. The van der Waals surface area contributed by atoms with Gasteiger partial charge in [0, 0.05) is 44.8 Å². The van der Waals surface area contributed by atoms with E-state index in [-0.39, 0.29) is 18.1 Å². The summed E-state index contributed by atoms with van der Waals surface area (Å²) >= 11 is 0. The van der Waals surface area contributed by atoms with Crippen molar-refractivity contribution in [2.75, 3.05) is 20.2 Å². The molecule has 0 bridgehead atoms. The maximum absolute atomic E-state index is 12.2. The van der Waals surface area contributed by atoms with Crippen LogP contribution in [0.25, 0.3) is 0 Å². The van der Waals surface area contributed by atoms with Gasteiger partial charge >= 0.3 is 0 Å². The Morgan fingerprint density at radius 2 is 2.30 bits per heavy atom. The van der Waals surface area contributed by atoms with Crippen molar-refractivity contribution in [3.8, 4) is 0 Å². The number of H-pyrrole nitrogens is 1. The Morgan fingerprint density at radius 3 is 2.90 bits per heavy atom. The Balaban J connectivity index is 1.87. The van der Waals surface area contributed by atoms with E-state index in [0.717, 1.165) is 29.9 Å². The second-order valence-corrected chi connectivity index (χ2v) is 5.49. The third kappa shape index (κ3) is 3.19. The van der Waals surface area contributed by atoms with E-state index in [1.54, 1.807) is 7.11 Å². The first-order valence-electron chi connectivity index (χ1n) is 7.09. The summed E-state index contributed by atoms with van der Waals surface area (Å²) in [6.45, 7) is 5.33. The molecular weight excluding hydrogens is 256 g/mol. The second kappa shape index (κ2) is 6.37. The van der Waals surface area contributed by atoms with Crippen LogP contribution >= 0.6 is 0 Å². The Kier molecular flexibility index (Phi) is 4.77. The number of rotatable bonds is 4. The Morgan fingerprint density at radius 1 is 1.55 bits per heavy atom. The normalized spacial score (nSPS) is 23.1. The van der Waals surface area contributed by atoms with E-state index in [9.17, 15) is 4.79 Å². The molecule has 2 rings (SSSR count). The zero-order chi connectivity index (χ0) is 14.7. The van der Waals surface area contributed by atoms with Gasteiger partial charge in [-0.2, -0.15) is 5.10 Å². The molecule has 0 radical (unpaired) electrons. The number of amides is 1. The molecule has 2 heterocycles. The number of nitrogens with one attached hydrogen (secondary N) is 1. The number of aromatic nitrogens is 2. The van der Waals surface area contributed by atoms with Gasteiger partial charge in [-0.3, -0.25) is 9.89 Å². The van der Waals surface area contributed by atoms with Gasteiger partial charge < -0.3 is 15.4 Å². The zero-order valence-corrected chi connectivity index (χ0v) is 12.5. The average Bonchev–Trinajstić information content (AvgIpc) is 2.76. The van der Waals surface area contributed by atoms with Crippen LogP contribution in [-0.2, 0) is 16.0 Å². The molecule has 3 N–H and O–H groups in total. The predicted octanol–water partition coefficient (Wildman–Crippen LogP) is 0.534. The van der Waals surface area contributed by atoms with Crippen LogP contribution < -0.4 is 5.73 Å². The smallest absolute Gasteiger partial charge is 0.223 e. The van der Waals surface area contributed by atoms with E-state index in [1.165, 1.54) is 0 Å². The van der Waals surface area contributed by atoms with Crippen LogP contribution in [0.3, 0.4) is 0 Å². The molecule has 6 heteroatoms. The summed E-state index contributed by atoms with van der Waals surface area (Å²) in [5.74, 6) is 0.152. The van der Waals surface area contributed by atoms with Crippen LogP contribution in [0.15, 0.2) is 0 Å². The van der Waals surface area contributed by atoms with Crippen molar-refractivity contribution in [3.05, 3.63) is 17.0 Å². The quantitative estimate of drug-likeness (QED) is 0.843. The lowest BCUT2D eigenvalue weighted by Gasteiger charge is -2.36. The van der Waals surface area contributed by atoms with Gasteiger partial charge in [-0.25, -0.2) is 0 Å². The van der Waals surface area contributed by atoms with Crippen molar-refractivity contribution in [2.24, 2.45) is 5.73 Å². The molecule has 0 saturated carbocycles. The number of hydrogen-bond acceptors (Lipinski definition) is 4. The highest BCUT2D eigenvalue weighted by Gasteiger charge is 2.29. The minimum Gasteiger partial charge on any atom is -0.378 e. The number of carbonyl (C=O) groups is 1. The molecule has 0 aliphatic carbocycles. The zero-order valence-electron chi connectivity index (χ0n) is 12.5. The monoisotopic (exact) mass is 280 g/mol.